The van der Waals surface area contributed by atoms with E-state index in [1.807, 2.05) is 6.07 Å². The first-order chi connectivity index (χ1) is 13.6. The maximum atomic E-state index is 13.1. The molecule has 0 N–H and O–H groups in total. The summed E-state index contributed by atoms with van der Waals surface area (Å²) >= 11 is 0. The molecule has 6 heteroatoms. The number of rotatable bonds is 5. The number of benzene rings is 2. The van der Waals surface area contributed by atoms with Gasteiger partial charge >= 0.3 is 11.9 Å². The first kappa shape index (κ1) is 19.6. The van der Waals surface area contributed by atoms with Crippen molar-refractivity contribution in [3.05, 3.63) is 65.7 Å². The molecule has 1 aliphatic heterocycles. The van der Waals surface area contributed by atoms with Gasteiger partial charge in [0.2, 0.25) is 0 Å². The Balaban J connectivity index is 2.11. The van der Waals surface area contributed by atoms with Gasteiger partial charge < -0.3 is 14.4 Å². The van der Waals surface area contributed by atoms with Crippen LogP contribution in [0, 0.1) is 0 Å². The molecule has 146 valence electrons. The van der Waals surface area contributed by atoms with Crippen molar-refractivity contribution < 1.29 is 23.9 Å². The summed E-state index contributed by atoms with van der Waals surface area (Å²) in [7, 11) is 0. The van der Waals surface area contributed by atoms with Crippen molar-refractivity contribution in [1.82, 2.24) is 0 Å². The standard InChI is InChI=1S/C22H23NO5/c1-3-27-20(25)22(21(26)28-4-2)14-15-23(18-13-9-8-12-17(18)22)19(24)16-10-6-5-7-11-16/h5-13H,3-4,14-15H2,1-2H3. The molecule has 6 nitrogen and oxygen atoms in total. The minimum atomic E-state index is -1.57. The summed E-state index contributed by atoms with van der Waals surface area (Å²) in [5, 5.41) is 0. The molecule has 0 bridgehead atoms. The second-order valence-electron chi connectivity index (χ2n) is 6.44. The summed E-state index contributed by atoms with van der Waals surface area (Å²) in [5.41, 5.74) is -0.0842. The van der Waals surface area contributed by atoms with Gasteiger partial charge in [0.05, 0.1) is 13.2 Å². The first-order valence-electron chi connectivity index (χ1n) is 9.37. The predicted molar refractivity (Wildman–Crippen MR) is 104 cm³/mol. The molecule has 0 unspecified atom stereocenters. The zero-order valence-corrected chi connectivity index (χ0v) is 16.0. The topological polar surface area (TPSA) is 72.9 Å². The molecular weight excluding hydrogens is 358 g/mol. The third kappa shape index (κ3) is 3.26. The Labute approximate surface area is 164 Å². The summed E-state index contributed by atoms with van der Waals surface area (Å²) in [6, 6.07) is 15.9. The van der Waals surface area contributed by atoms with Gasteiger partial charge in [-0.05, 0) is 38.5 Å². The zero-order valence-electron chi connectivity index (χ0n) is 16.0. The Morgan fingerprint density at radius 3 is 2.07 bits per heavy atom. The molecule has 0 atom stereocenters. The fourth-order valence-electron chi connectivity index (χ4n) is 3.57. The van der Waals surface area contributed by atoms with Gasteiger partial charge in [-0.1, -0.05) is 36.4 Å². The number of hydrogen-bond donors (Lipinski definition) is 0. The van der Waals surface area contributed by atoms with E-state index in [0.29, 0.717) is 16.8 Å². The Bertz CT molecular complexity index is 860. The monoisotopic (exact) mass is 381 g/mol. The molecule has 2 aromatic carbocycles. The molecule has 1 amide bonds. The van der Waals surface area contributed by atoms with Crippen LogP contribution in [0.25, 0.3) is 0 Å². The highest BCUT2D eigenvalue weighted by Gasteiger charge is 2.54. The number of para-hydroxylation sites is 1. The number of anilines is 1. The Morgan fingerprint density at radius 2 is 1.46 bits per heavy atom. The van der Waals surface area contributed by atoms with Crippen LogP contribution >= 0.6 is 0 Å². The normalized spacial score (nSPS) is 14.7. The quantitative estimate of drug-likeness (QED) is 0.588. The summed E-state index contributed by atoms with van der Waals surface area (Å²) in [5.74, 6) is -1.48. The van der Waals surface area contributed by atoms with E-state index in [-0.39, 0.29) is 32.1 Å². The van der Waals surface area contributed by atoms with Crippen molar-refractivity contribution in [3.8, 4) is 0 Å². The Morgan fingerprint density at radius 1 is 0.893 bits per heavy atom. The third-order valence-electron chi connectivity index (χ3n) is 4.88. The van der Waals surface area contributed by atoms with E-state index in [9.17, 15) is 14.4 Å². The number of carbonyl (C=O) groups excluding carboxylic acids is 3. The van der Waals surface area contributed by atoms with Crippen molar-refractivity contribution >= 4 is 23.5 Å². The minimum Gasteiger partial charge on any atom is -0.465 e. The maximum Gasteiger partial charge on any atom is 0.328 e. The zero-order chi connectivity index (χ0) is 20.1. The average molecular weight is 381 g/mol. The van der Waals surface area contributed by atoms with Crippen LogP contribution in [0.15, 0.2) is 54.6 Å². The summed E-state index contributed by atoms with van der Waals surface area (Å²) < 4.78 is 10.5. The molecule has 0 aliphatic carbocycles. The molecule has 0 saturated carbocycles. The van der Waals surface area contributed by atoms with Crippen LogP contribution in [0.2, 0.25) is 0 Å². The largest absolute Gasteiger partial charge is 0.465 e. The number of ether oxygens (including phenoxy) is 2. The van der Waals surface area contributed by atoms with E-state index in [0.717, 1.165) is 0 Å². The van der Waals surface area contributed by atoms with E-state index >= 15 is 0 Å². The second-order valence-corrected chi connectivity index (χ2v) is 6.44. The number of amides is 1. The van der Waals surface area contributed by atoms with Gasteiger partial charge in [-0.15, -0.1) is 0 Å². The Hall–Kier alpha value is -3.15. The van der Waals surface area contributed by atoms with E-state index in [1.54, 1.807) is 67.3 Å². The van der Waals surface area contributed by atoms with Crippen molar-refractivity contribution in [3.63, 3.8) is 0 Å². The molecular formula is C22H23NO5. The van der Waals surface area contributed by atoms with Gasteiger partial charge in [0, 0.05) is 23.4 Å². The van der Waals surface area contributed by atoms with Crippen LogP contribution in [-0.4, -0.2) is 37.6 Å². The molecule has 0 aromatic heterocycles. The molecule has 0 saturated heterocycles. The summed E-state index contributed by atoms with van der Waals surface area (Å²) in [6.45, 7) is 3.87. The van der Waals surface area contributed by atoms with Crippen molar-refractivity contribution in [2.24, 2.45) is 0 Å². The number of fused-ring (bicyclic) bond motifs is 1. The lowest BCUT2D eigenvalue weighted by molar-refractivity contribution is -0.165. The van der Waals surface area contributed by atoms with Crippen LogP contribution in [0.5, 0.6) is 0 Å². The highest BCUT2D eigenvalue weighted by molar-refractivity contribution is 6.12. The van der Waals surface area contributed by atoms with Crippen LogP contribution in [0.1, 0.15) is 36.2 Å². The lowest BCUT2D eigenvalue weighted by Crippen LogP contribution is -2.53. The average Bonchev–Trinajstić information content (AvgIpc) is 2.73. The predicted octanol–water partition coefficient (Wildman–Crippen LogP) is 3.10. The van der Waals surface area contributed by atoms with Gasteiger partial charge in [0.1, 0.15) is 0 Å². The number of hydrogen-bond acceptors (Lipinski definition) is 5. The molecule has 3 rings (SSSR count). The van der Waals surface area contributed by atoms with Crippen molar-refractivity contribution in [2.75, 3.05) is 24.7 Å². The SMILES string of the molecule is CCOC(=O)C1(C(=O)OCC)CCN(C(=O)c2ccccc2)c2ccccc21. The van der Waals surface area contributed by atoms with E-state index in [2.05, 4.69) is 0 Å². The number of nitrogens with zero attached hydrogens (tertiary/aromatic N) is 1. The molecule has 28 heavy (non-hydrogen) atoms. The van der Waals surface area contributed by atoms with Crippen molar-refractivity contribution in [1.29, 1.82) is 0 Å². The van der Waals surface area contributed by atoms with Gasteiger partial charge in [-0.25, -0.2) is 0 Å². The minimum absolute atomic E-state index is 0.0975. The molecule has 1 heterocycles. The van der Waals surface area contributed by atoms with Crippen LogP contribution in [-0.2, 0) is 24.5 Å². The number of carbonyl (C=O) groups is 3. The first-order valence-corrected chi connectivity index (χ1v) is 9.37. The van der Waals surface area contributed by atoms with Gasteiger partial charge in [0.15, 0.2) is 5.41 Å². The molecule has 0 radical (unpaired) electrons. The van der Waals surface area contributed by atoms with Crippen LogP contribution in [0.3, 0.4) is 0 Å². The third-order valence-corrected chi connectivity index (χ3v) is 4.88. The lowest BCUT2D eigenvalue weighted by atomic mass is 9.73. The highest BCUT2D eigenvalue weighted by Crippen LogP contribution is 2.42. The summed E-state index contributed by atoms with van der Waals surface area (Å²) in [4.78, 5) is 40.5. The maximum absolute atomic E-state index is 13.1. The highest BCUT2D eigenvalue weighted by atomic mass is 16.6. The number of esters is 2. The second kappa shape index (κ2) is 8.25. The molecule has 0 spiro atoms. The van der Waals surface area contributed by atoms with Crippen LogP contribution in [0.4, 0.5) is 5.69 Å². The Kier molecular flexibility index (Phi) is 5.78. The summed E-state index contributed by atoms with van der Waals surface area (Å²) in [6.07, 6.45) is 0.0975. The smallest absolute Gasteiger partial charge is 0.328 e. The van der Waals surface area contributed by atoms with E-state index in [4.69, 9.17) is 9.47 Å². The fraction of sp³-hybridized carbons (Fsp3) is 0.318. The lowest BCUT2D eigenvalue weighted by Gasteiger charge is -2.39. The van der Waals surface area contributed by atoms with Crippen molar-refractivity contribution in [2.45, 2.75) is 25.7 Å². The fourth-order valence-corrected chi connectivity index (χ4v) is 3.57. The van der Waals surface area contributed by atoms with Gasteiger partial charge in [-0.2, -0.15) is 0 Å². The molecule has 2 aromatic rings. The van der Waals surface area contributed by atoms with E-state index < -0.39 is 17.4 Å². The van der Waals surface area contributed by atoms with Crippen LogP contribution < -0.4 is 4.90 Å². The van der Waals surface area contributed by atoms with Gasteiger partial charge in [-0.3, -0.25) is 14.4 Å². The van der Waals surface area contributed by atoms with Gasteiger partial charge in [0.25, 0.3) is 5.91 Å². The molecule has 0 fully saturated rings. The van der Waals surface area contributed by atoms with E-state index in [1.165, 1.54) is 0 Å². The molecule has 1 aliphatic rings.